The summed E-state index contributed by atoms with van der Waals surface area (Å²) in [5.74, 6) is -1.53. The first-order valence-corrected chi connectivity index (χ1v) is 13.9. The highest BCUT2D eigenvalue weighted by atomic mass is 32.2. The number of fused-ring (bicyclic) bond motifs is 1. The van der Waals surface area contributed by atoms with Crippen LogP contribution in [0.25, 0.3) is 0 Å². The third-order valence-electron chi connectivity index (χ3n) is 6.60. The third kappa shape index (κ3) is 6.43. The first kappa shape index (κ1) is 29.0. The van der Waals surface area contributed by atoms with E-state index in [2.05, 4.69) is 20.8 Å². The number of benzene rings is 2. The molecule has 2 amide bonds. The molecule has 1 aromatic heterocycles. The van der Waals surface area contributed by atoms with Crippen LogP contribution in [0.1, 0.15) is 24.2 Å². The molecule has 0 unspecified atom stereocenters. The van der Waals surface area contributed by atoms with Gasteiger partial charge in [-0.2, -0.15) is 4.31 Å². The Balaban J connectivity index is 1.62. The normalized spacial score (nSPS) is 18.4. The predicted octanol–water partition coefficient (Wildman–Crippen LogP) is 0.992. The van der Waals surface area contributed by atoms with E-state index in [0.717, 1.165) is 16.4 Å². The lowest BCUT2D eigenvalue weighted by Crippen LogP contribution is -2.50. The van der Waals surface area contributed by atoms with Crippen LogP contribution < -0.4 is 10.1 Å². The Hall–Kier alpha value is -3.95. The summed E-state index contributed by atoms with van der Waals surface area (Å²) in [7, 11) is -2.56. The average molecular weight is 576 g/mol. The molecule has 3 atom stereocenters. The number of amides is 2. The zero-order chi connectivity index (χ0) is 29.0. The van der Waals surface area contributed by atoms with Gasteiger partial charge in [-0.1, -0.05) is 6.92 Å². The van der Waals surface area contributed by atoms with Crippen molar-refractivity contribution in [2.45, 2.75) is 37.4 Å². The van der Waals surface area contributed by atoms with E-state index in [1.54, 1.807) is 13.0 Å². The number of ether oxygens (including phenoxy) is 1. The number of halogens is 1. The topological polar surface area (TPSA) is 160 Å². The van der Waals surface area contributed by atoms with Gasteiger partial charge in [0.1, 0.15) is 30.5 Å². The van der Waals surface area contributed by atoms with E-state index >= 15 is 0 Å². The largest absolute Gasteiger partial charge is 0.488 e. The number of hydrogen-bond donors (Lipinski definition) is 2. The number of aromatic nitrogens is 4. The average Bonchev–Trinajstić information content (AvgIpc) is 3.43. The molecule has 0 aliphatic carbocycles. The molecule has 0 bridgehead atoms. The van der Waals surface area contributed by atoms with Gasteiger partial charge >= 0.3 is 0 Å². The van der Waals surface area contributed by atoms with E-state index in [4.69, 9.17) is 4.74 Å². The number of carbonyl (C=O) groups is 2. The molecule has 2 N–H and O–H groups in total. The number of aliphatic hydroxyl groups is 1. The molecule has 0 fully saturated rings. The summed E-state index contributed by atoms with van der Waals surface area (Å²) in [4.78, 5) is 27.5. The molecule has 3 aromatic rings. The zero-order valence-electron chi connectivity index (χ0n) is 22.1. The molecular weight excluding hydrogens is 545 g/mol. The summed E-state index contributed by atoms with van der Waals surface area (Å²) in [6.45, 7) is 3.19. The Morgan fingerprint density at radius 3 is 2.65 bits per heavy atom. The minimum atomic E-state index is -3.96. The fourth-order valence-corrected chi connectivity index (χ4v) is 5.44. The second-order valence-electron chi connectivity index (χ2n) is 9.63. The van der Waals surface area contributed by atoms with Crippen LogP contribution in [0.4, 0.5) is 10.1 Å². The Kier molecular flexibility index (Phi) is 8.76. The number of nitrogens with zero attached hydrogens (tertiary/aromatic N) is 6. The molecule has 4 rings (SSSR count). The highest BCUT2D eigenvalue weighted by molar-refractivity contribution is 7.89. The molecule has 0 saturated heterocycles. The van der Waals surface area contributed by atoms with Gasteiger partial charge in [0.15, 0.2) is 0 Å². The van der Waals surface area contributed by atoms with E-state index in [1.807, 2.05) is 6.92 Å². The van der Waals surface area contributed by atoms with Crippen molar-refractivity contribution in [3.05, 3.63) is 60.2 Å². The van der Waals surface area contributed by atoms with Crippen molar-refractivity contribution in [3.63, 3.8) is 0 Å². The van der Waals surface area contributed by atoms with Crippen molar-refractivity contribution in [1.29, 1.82) is 0 Å². The van der Waals surface area contributed by atoms with Gasteiger partial charge in [0, 0.05) is 25.2 Å². The lowest BCUT2D eigenvalue weighted by Gasteiger charge is -2.38. The molecule has 40 heavy (non-hydrogen) atoms. The van der Waals surface area contributed by atoms with Gasteiger partial charge in [-0.05, 0) is 59.8 Å². The fraction of sp³-hybridized carbons (Fsp3) is 0.400. The number of likely N-dealkylation sites (N-methyl/N-ethyl adjacent to an activating group) is 1. The number of hydrogen-bond acceptors (Lipinski definition) is 9. The predicted molar refractivity (Wildman–Crippen MR) is 140 cm³/mol. The summed E-state index contributed by atoms with van der Waals surface area (Å²) < 4.78 is 48.3. The highest BCUT2D eigenvalue weighted by Gasteiger charge is 2.35. The Morgan fingerprint density at radius 2 is 2.00 bits per heavy atom. The molecule has 0 saturated carbocycles. The molecule has 2 aromatic carbocycles. The second kappa shape index (κ2) is 12.1. The quantitative estimate of drug-likeness (QED) is 0.379. The van der Waals surface area contributed by atoms with Crippen molar-refractivity contribution >= 4 is 27.5 Å². The molecule has 1 aliphatic rings. The molecule has 0 radical (unpaired) electrons. The lowest BCUT2D eigenvalue weighted by atomic mass is 9.99. The molecule has 13 nitrogen and oxygen atoms in total. The summed E-state index contributed by atoms with van der Waals surface area (Å²) in [6.07, 6.45) is 0.598. The molecule has 0 spiro atoms. The van der Waals surface area contributed by atoms with Crippen LogP contribution in [0.5, 0.6) is 5.75 Å². The number of anilines is 1. The molecule has 1 aliphatic heterocycles. The van der Waals surface area contributed by atoms with E-state index in [0.29, 0.717) is 5.69 Å². The first-order chi connectivity index (χ1) is 19.0. The third-order valence-corrected chi connectivity index (χ3v) is 8.44. The van der Waals surface area contributed by atoms with Crippen LogP contribution in [0, 0.1) is 11.7 Å². The summed E-state index contributed by atoms with van der Waals surface area (Å²) >= 11 is 0. The van der Waals surface area contributed by atoms with Gasteiger partial charge < -0.3 is 20.1 Å². The number of carbonyl (C=O) groups excluding carboxylic acids is 2. The van der Waals surface area contributed by atoms with E-state index < -0.39 is 39.8 Å². The number of nitrogens with one attached hydrogen (secondary N) is 1. The highest BCUT2D eigenvalue weighted by Crippen LogP contribution is 2.31. The van der Waals surface area contributed by atoms with E-state index in [9.17, 15) is 27.5 Å². The van der Waals surface area contributed by atoms with Crippen LogP contribution in [0.15, 0.2) is 53.7 Å². The smallest absolute Gasteiger partial charge is 0.258 e. The Bertz CT molecular complexity index is 1450. The van der Waals surface area contributed by atoms with Gasteiger partial charge in [-0.25, -0.2) is 17.5 Å². The fourth-order valence-electron chi connectivity index (χ4n) is 4.26. The van der Waals surface area contributed by atoms with E-state index in [-0.39, 0.29) is 48.4 Å². The Morgan fingerprint density at radius 1 is 1.27 bits per heavy atom. The van der Waals surface area contributed by atoms with Crippen LogP contribution in [0.3, 0.4) is 0 Å². The van der Waals surface area contributed by atoms with Crippen LogP contribution in [-0.4, -0.2) is 93.6 Å². The van der Waals surface area contributed by atoms with Crippen molar-refractivity contribution in [2.75, 3.05) is 32.1 Å². The van der Waals surface area contributed by atoms with Gasteiger partial charge in [0.05, 0.1) is 29.7 Å². The van der Waals surface area contributed by atoms with Crippen LogP contribution >= 0.6 is 0 Å². The lowest BCUT2D eigenvalue weighted by molar-refractivity contribution is -0.116. The monoisotopic (exact) mass is 575 g/mol. The second-order valence-corrected chi connectivity index (χ2v) is 11.7. The molecular formula is C25H30FN7O6S. The minimum absolute atomic E-state index is 0.0666. The maximum Gasteiger partial charge on any atom is 0.258 e. The molecule has 15 heteroatoms. The standard InChI is InChI=1S/C25H30FN7O6S/c1-16-11-33(17(2)14-34)25(36)21-10-19(28-24(35)13-32-15-27-29-30-32)6-9-22(21)39-23(16)12-31(3)40(37,38)20-7-4-18(26)5-8-20/h4-10,15-17,23,34H,11-14H2,1-3H3,(H,28,35)/t16-,17-,23-/m0/s1. The zero-order valence-corrected chi connectivity index (χ0v) is 23.0. The molecule has 214 valence electrons. The molecule has 2 heterocycles. The SMILES string of the molecule is C[C@H]1CN([C@@H](C)CO)C(=O)c2cc(NC(=O)Cn3cnnn3)ccc2O[C@H]1CN(C)S(=O)(=O)c1ccc(F)cc1. The maximum atomic E-state index is 13.6. The summed E-state index contributed by atoms with van der Waals surface area (Å²) in [6, 6.07) is 8.55. The number of sulfonamides is 1. The summed E-state index contributed by atoms with van der Waals surface area (Å²) in [5, 5.41) is 23.1. The number of aliphatic hydroxyl groups excluding tert-OH is 1. The van der Waals surface area contributed by atoms with Crippen LogP contribution in [0.2, 0.25) is 0 Å². The number of rotatable bonds is 9. The Labute approximate surface area is 230 Å². The van der Waals surface area contributed by atoms with Crippen LogP contribution in [-0.2, 0) is 21.4 Å². The summed E-state index contributed by atoms with van der Waals surface area (Å²) in [5.41, 5.74) is 0.466. The van der Waals surface area contributed by atoms with Gasteiger partial charge in [0.25, 0.3) is 5.91 Å². The van der Waals surface area contributed by atoms with Gasteiger partial charge in [0.2, 0.25) is 15.9 Å². The minimum Gasteiger partial charge on any atom is -0.488 e. The van der Waals surface area contributed by atoms with Crippen molar-refractivity contribution in [3.8, 4) is 5.75 Å². The van der Waals surface area contributed by atoms with Crippen molar-refractivity contribution < 1.29 is 32.2 Å². The van der Waals surface area contributed by atoms with Crippen molar-refractivity contribution in [2.24, 2.45) is 5.92 Å². The van der Waals surface area contributed by atoms with Gasteiger partial charge in [-0.15, -0.1) is 5.10 Å². The van der Waals surface area contributed by atoms with E-state index in [1.165, 1.54) is 47.2 Å². The van der Waals surface area contributed by atoms with Crippen molar-refractivity contribution in [1.82, 2.24) is 29.4 Å². The number of tetrazole rings is 1. The van der Waals surface area contributed by atoms with Gasteiger partial charge in [-0.3, -0.25) is 9.59 Å². The maximum absolute atomic E-state index is 13.6. The first-order valence-electron chi connectivity index (χ1n) is 12.4.